The predicted octanol–water partition coefficient (Wildman–Crippen LogP) is 3.32. The number of ether oxygens (including phenoxy) is 2. The van der Waals surface area contributed by atoms with Gasteiger partial charge in [-0.15, -0.1) is 0 Å². The number of likely N-dealkylation sites (N-methyl/N-ethyl adjacent to an activating group) is 1. The maximum absolute atomic E-state index is 12.0. The summed E-state index contributed by atoms with van der Waals surface area (Å²) in [6, 6.07) is 13.7. The molecule has 1 N–H and O–H groups in total. The Morgan fingerprint density at radius 3 is 2.57 bits per heavy atom. The minimum Gasteiger partial charge on any atom is -0.489 e. The molecule has 0 spiro atoms. The van der Waals surface area contributed by atoms with E-state index in [2.05, 4.69) is 18.3 Å². The molecule has 0 radical (unpaired) electrons. The number of methoxy groups -OCH3 is 1. The van der Waals surface area contributed by atoms with E-state index in [-0.39, 0.29) is 5.91 Å². The van der Waals surface area contributed by atoms with Gasteiger partial charge in [0.25, 0.3) is 5.91 Å². The van der Waals surface area contributed by atoms with Crippen molar-refractivity contribution in [2.45, 2.75) is 26.6 Å². The highest BCUT2D eigenvalue weighted by molar-refractivity contribution is 5.82. The molecule has 2 aromatic carbocycles. The van der Waals surface area contributed by atoms with Crippen LogP contribution < -0.4 is 10.1 Å². The molecular weight excluding hydrogens is 290 g/mol. The lowest BCUT2D eigenvalue weighted by atomic mass is 10.0. The van der Waals surface area contributed by atoms with Crippen molar-refractivity contribution in [2.75, 3.05) is 14.2 Å². The fraction of sp³-hybridized carbons (Fsp3) is 0.316. The normalized spacial score (nSPS) is 11.8. The van der Waals surface area contributed by atoms with Crippen molar-refractivity contribution in [3.8, 4) is 5.75 Å². The van der Waals surface area contributed by atoms with Crippen LogP contribution in [0.4, 0.5) is 0 Å². The Labute approximate surface area is 137 Å². The Kier molecular flexibility index (Phi) is 5.77. The van der Waals surface area contributed by atoms with Crippen LogP contribution in [0.3, 0.4) is 0 Å². The average molecular weight is 313 g/mol. The molecular formula is C19H23NO3. The fourth-order valence-corrected chi connectivity index (χ4v) is 2.46. The van der Waals surface area contributed by atoms with Crippen LogP contribution >= 0.6 is 0 Å². The summed E-state index contributed by atoms with van der Waals surface area (Å²) in [6.45, 7) is 4.49. The number of amides is 1. The Balaban J connectivity index is 2.24. The smallest absolute Gasteiger partial charge is 0.253 e. The average Bonchev–Trinajstić information content (AvgIpc) is 2.57. The van der Waals surface area contributed by atoms with Gasteiger partial charge in [0.2, 0.25) is 0 Å². The first-order valence-electron chi connectivity index (χ1n) is 7.59. The lowest BCUT2D eigenvalue weighted by Crippen LogP contribution is -2.27. The predicted molar refractivity (Wildman–Crippen MR) is 90.5 cm³/mol. The zero-order chi connectivity index (χ0) is 16.8. The van der Waals surface area contributed by atoms with Crippen LogP contribution in [0.5, 0.6) is 5.75 Å². The van der Waals surface area contributed by atoms with Crippen LogP contribution in [0.1, 0.15) is 28.4 Å². The molecule has 0 heterocycles. The van der Waals surface area contributed by atoms with Crippen molar-refractivity contribution in [2.24, 2.45) is 0 Å². The Morgan fingerprint density at radius 2 is 1.87 bits per heavy atom. The highest BCUT2D eigenvalue weighted by atomic mass is 16.5. The highest BCUT2D eigenvalue weighted by Crippen LogP contribution is 2.25. The molecule has 4 nitrogen and oxygen atoms in total. The molecule has 0 aliphatic heterocycles. The number of carbonyl (C=O) groups excluding carboxylic acids is 1. The summed E-state index contributed by atoms with van der Waals surface area (Å²) >= 11 is 0. The number of hydrogen-bond donors (Lipinski definition) is 1. The van der Waals surface area contributed by atoms with Gasteiger partial charge < -0.3 is 14.8 Å². The van der Waals surface area contributed by atoms with E-state index in [9.17, 15) is 4.79 Å². The van der Waals surface area contributed by atoms with E-state index in [1.165, 1.54) is 12.7 Å². The lowest BCUT2D eigenvalue weighted by molar-refractivity contribution is -0.130. The van der Waals surface area contributed by atoms with Gasteiger partial charge in [-0.1, -0.05) is 36.4 Å². The molecule has 0 saturated carbocycles. The van der Waals surface area contributed by atoms with E-state index in [0.717, 1.165) is 22.4 Å². The minimum absolute atomic E-state index is 0.174. The van der Waals surface area contributed by atoms with Gasteiger partial charge in [0.05, 0.1) is 0 Å². The summed E-state index contributed by atoms with van der Waals surface area (Å²) in [5.41, 5.74) is 4.07. The van der Waals surface area contributed by atoms with E-state index >= 15 is 0 Å². The van der Waals surface area contributed by atoms with Gasteiger partial charge in [0.15, 0.2) is 6.10 Å². The molecule has 1 unspecified atom stereocenters. The topological polar surface area (TPSA) is 47.6 Å². The van der Waals surface area contributed by atoms with E-state index in [1.807, 2.05) is 43.3 Å². The molecule has 0 aliphatic carbocycles. The molecule has 0 fully saturated rings. The van der Waals surface area contributed by atoms with Crippen LogP contribution in [0.25, 0.3) is 0 Å². The molecule has 122 valence electrons. The Hall–Kier alpha value is -2.33. The van der Waals surface area contributed by atoms with Gasteiger partial charge in [-0.3, -0.25) is 4.79 Å². The largest absolute Gasteiger partial charge is 0.489 e. The van der Waals surface area contributed by atoms with Crippen molar-refractivity contribution in [3.05, 3.63) is 64.7 Å². The van der Waals surface area contributed by atoms with Gasteiger partial charge >= 0.3 is 0 Å². The quantitative estimate of drug-likeness (QED) is 0.890. The van der Waals surface area contributed by atoms with Gasteiger partial charge in [-0.25, -0.2) is 0 Å². The molecule has 2 aromatic rings. The van der Waals surface area contributed by atoms with Gasteiger partial charge in [-0.2, -0.15) is 0 Å². The summed E-state index contributed by atoms with van der Waals surface area (Å²) < 4.78 is 11.3. The van der Waals surface area contributed by atoms with Crippen LogP contribution in [0.2, 0.25) is 0 Å². The van der Waals surface area contributed by atoms with Crippen LogP contribution in [0, 0.1) is 13.8 Å². The Bertz CT molecular complexity index is 682. The lowest BCUT2D eigenvalue weighted by Gasteiger charge is -2.18. The zero-order valence-corrected chi connectivity index (χ0v) is 14.1. The number of hydrogen-bond acceptors (Lipinski definition) is 3. The third-order valence-corrected chi connectivity index (χ3v) is 4.00. The van der Waals surface area contributed by atoms with Crippen molar-refractivity contribution in [1.82, 2.24) is 5.32 Å². The van der Waals surface area contributed by atoms with Crippen LogP contribution in [-0.2, 0) is 16.1 Å². The van der Waals surface area contributed by atoms with Crippen molar-refractivity contribution < 1.29 is 14.3 Å². The molecule has 4 heteroatoms. The molecule has 1 amide bonds. The molecule has 0 bridgehead atoms. The number of benzene rings is 2. The van der Waals surface area contributed by atoms with E-state index in [0.29, 0.717) is 6.61 Å². The minimum atomic E-state index is -0.640. The molecule has 0 saturated heterocycles. The van der Waals surface area contributed by atoms with Crippen LogP contribution in [0.15, 0.2) is 42.5 Å². The van der Waals surface area contributed by atoms with Crippen molar-refractivity contribution in [1.29, 1.82) is 0 Å². The second-order valence-corrected chi connectivity index (χ2v) is 5.42. The second kappa shape index (κ2) is 7.79. The maximum Gasteiger partial charge on any atom is 0.253 e. The van der Waals surface area contributed by atoms with Gasteiger partial charge in [0, 0.05) is 14.2 Å². The van der Waals surface area contributed by atoms with Crippen molar-refractivity contribution in [3.63, 3.8) is 0 Å². The first-order valence-corrected chi connectivity index (χ1v) is 7.59. The fourth-order valence-electron chi connectivity index (χ4n) is 2.46. The molecule has 23 heavy (non-hydrogen) atoms. The molecule has 2 rings (SSSR count). The standard InChI is InChI=1S/C19H23NO3/c1-13-8-7-11-17(14(13)2)23-12-15-9-5-6-10-16(15)18(22-4)19(21)20-3/h5-11,18H,12H2,1-4H3,(H,20,21). The molecule has 1 atom stereocenters. The Morgan fingerprint density at radius 1 is 1.13 bits per heavy atom. The summed E-state index contributed by atoms with van der Waals surface area (Å²) in [6.07, 6.45) is -0.640. The maximum atomic E-state index is 12.0. The second-order valence-electron chi connectivity index (χ2n) is 5.42. The number of nitrogens with one attached hydrogen (secondary N) is 1. The first kappa shape index (κ1) is 17.0. The van der Waals surface area contributed by atoms with E-state index < -0.39 is 6.10 Å². The number of aryl methyl sites for hydroxylation is 1. The zero-order valence-electron chi connectivity index (χ0n) is 14.1. The van der Waals surface area contributed by atoms with Crippen LogP contribution in [-0.4, -0.2) is 20.1 Å². The van der Waals surface area contributed by atoms with Crippen molar-refractivity contribution >= 4 is 5.91 Å². The number of carbonyl (C=O) groups is 1. The first-order chi connectivity index (χ1) is 11.1. The molecule has 0 aliphatic rings. The third-order valence-electron chi connectivity index (χ3n) is 4.00. The summed E-state index contributed by atoms with van der Waals surface area (Å²) in [5, 5.41) is 2.63. The summed E-state index contributed by atoms with van der Waals surface area (Å²) in [7, 11) is 3.13. The van der Waals surface area contributed by atoms with Gasteiger partial charge in [0.1, 0.15) is 12.4 Å². The monoisotopic (exact) mass is 313 g/mol. The SMILES string of the molecule is CNC(=O)C(OC)c1ccccc1COc1cccc(C)c1C. The molecule has 0 aromatic heterocycles. The number of rotatable bonds is 6. The van der Waals surface area contributed by atoms with E-state index in [4.69, 9.17) is 9.47 Å². The summed E-state index contributed by atoms with van der Waals surface area (Å²) in [4.78, 5) is 12.0. The van der Waals surface area contributed by atoms with E-state index in [1.54, 1.807) is 7.05 Å². The highest BCUT2D eigenvalue weighted by Gasteiger charge is 2.21. The summed E-state index contributed by atoms with van der Waals surface area (Å²) in [5.74, 6) is 0.681. The van der Waals surface area contributed by atoms with Gasteiger partial charge in [-0.05, 0) is 42.2 Å². The third kappa shape index (κ3) is 3.90.